The first-order chi connectivity index (χ1) is 13.2. The van der Waals surface area contributed by atoms with Crippen LogP contribution >= 0.6 is 11.3 Å². The quantitative estimate of drug-likeness (QED) is 0.454. The Kier molecular flexibility index (Phi) is 6.11. The molecule has 0 aliphatic carbocycles. The van der Waals surface area contributed by atoms with E-state index >= 15 is 0 Å². The summed E-state index contributed by atoms with van der Waals surface area (Å²) in [5.74, 6) is 2.68. The molecule has 1 aromatic heterocycles. The van der Waals surface area contributed by atoms with Crippen LogP contribution in [0.2, 0.25) is 0 Å². The number of thiazole rings is 1. The molecular weight excluding hydrogens is 364 g/mol. The van der Waals surface area contributed by atoms with Crippen molar-refractivity contribution in [2.24, 2.45) is 5.10 Å². The second-order valence-corrected chi connectivity index (χ2v) is 6.34. The Labute approximate surface area is 161 Å². The van der Waals surface area contributed by atoms with Crippen LogP contribution in [0.1, 0.15) is 11.1 Å². The van der Waals surface area contributed by atoms with E-state index in [9.17, 15) is 0 Å². The average Bonchev–Trinajstić information content (AvgIpc) is 3.11. The van der Waals surface area contributed by atoms with E-state index in [0.29, 0.717) is 17.6 Å². The van der Waals surface area contributed by atoms with E-state index in [0.717, 1.165) is 28.4 Å². The molecule has 0 saturated heterocycles. The zero-order chi connectivity index (χ0) is 19.1. The molecule has 0 amide bonds. The summed E-state index contributed by atoms with van der Waals surface area (Å²) in [6, 6.07) is 13.2. The van der Waals surface area contributed by atoms with Crippen LogP contribution in [0.25, 0.3) is 0 Å². The normalized spacial score (nSPS) is 10.7. The highest BCUT2D eigenvalue weighted by atomic mass is 32.1. The fraction of sp³-hybridized carbons (Fsp3) is 0.158. The smallest absolute Gasteiger partial charge is 0.205 e. The molecule has 0 fully saturated rings. The van der Waals surface area contributed by atoms with Crippen LogP contribution < -0.4 is 25.4 Å². The predicted octanol–water partition coefficient (Wildman–Crippen LogP) is 3.77. The molecule has 0 spiro atoms. The van der Waals surface area contributed by atoms with Crippen molar-refractivity contribution in [1.29, 1.82) is 0 Å². The zero-order valence-corrected chi connectivity index (χ0v) is 15.8. The van der Waals surface area contributed by atoms with Gasteiger partial charge in [-0.3, -0.25) is 5.43 Å². The number of hydrogen-bond acceptors (Lipinski definition) is 8. The molecule has 0 aliphatic heterocycles. The molecule has 0 aliphatic rings. The number of methoxy groups -OCH3 is 2. The lowest BCUT2D eigenvalue weighted by Gasteiger charge is -2.11. The molecule has 0 unspecified atom stereocenters. The topological polar surface area (TPSA) is 91.0 Å². The first kappa shape index (κ1) is 18.5. The van der Waals surface area contributed by atoms with Crippen LogP contribution in [-0.2, 0) is 6.61 Å². The summed E-state index contributed by atoms with van der Waals surface area (Å²) in [6.07, 6.45) is 1.70. The highest BCUT2D eigenvalue weighted by Gasteiger charge is 2.06. The highest BCUT2D eigenvalue weighted by Crippen LogP contribution is 2.24. The summed E-state index contributed by atoms with van der Waals surface area (Å²) in [4.78, 5) is 4.09. The van der Waals surface area contributed by atoms with Gasteiger partial charge in [0, 0.05) is 17.0 Å². The van der Waals surface area contributed by atoms with Gasteiger partial charge < -0.3 is 19.9 Å². The minimum Gasteiger partial charge on any atom is -0.497 e. The maximum absolute atomic E-state index is 5.87. The standard InChI is InChI=1S/C19H20N4O3S/c1-24-15-4-3-5-16(9-15)26-11-14-8-13(6-7-17(14)25-2)10-21-23-19-22-18(20)12-27-19/h3-10,12H,11,20H2,1-2H3,(H,22,23). The summed E-state index contributed by atoms with van der Waals surface area (Å²) >= 11 is 1.39. The molecule has 0 atom stereocenters. The molecule has 3 N–H and O–H groups in total. The summed E-state index contributed by atoms with van der Waals surface area (Å²) in [6.45, 7) is 0.356. The number of hydrazone groups is 1. The number of benzene rings is 2. The van der Waals surface area contributed by atoms with Crippen molar-refractivity contribution < 1.29 is 14.2 Å². The Morgan fingerprint density at radius 1 is 1.15 bits per heavy atom. The van der Waals surface area contributed by atoms with E-state index in [4.69, 9.17) is 19.9 Å². The number of hydrogen-bond donors (Lipinski definition) is 2. The van der Waals surface area contributed by atoms with E-state index in [2.05, 4.69) is 15.5 Å². The van der Waals surface area contributed by atoms with Crippen molar-refractivity contribution in [3.63, 3.8) is 0 Å². The lowest BCUT2D eigenvalue weighted by atomic mass is 10.1. The third-order valence-corrected chi connectivity index (χ3v) is 4.40. The zero-order valence-electron chi connectivity index (χ0n) is 15.0. The van der Waals surface area contributed by atoms with Gasteiger partial charge in [0.1, 0.15) is 29.7 Å². The van der Waals surface area contributed by atoms with Gasteiger partial charge in [-0.05, 0) is 35.9 Å². The number of ether oxygens (including phenoxy) is 3. The van der Waals surface area contributed by atoms with Crippen molar-refractivity contribution in [2.45, 2.75) is 6.61 Å². The first-order valence-corrected chi connectivity index (χ1v) is 9.00. The number of anilines is 2. The van der Waals surface area contributed by atoms with Crippen LogP contribution in [0.3, 0.4) is 0 Å². The van der Waals surface area contributed by atoms with Crippen LogP contribution in [0.4, 0.5) is 10.9 Å². The number of nitrogens with two attached hydrogens (primary N) is 1. The fourth-order valence-corrected chi connectivity index (χ4v) is 2.89. The number of nitrogens with zero attached hydrogens (tertiary/aromatic N) is 2. The SMILES string of the molecule is COc1cccc(OCc2cc(C=NNc3nc(N)cs3)ccc2OC)c1. The lowest BCUT2D eigenvalue weighted by molar-refractivity contribution is 0.294. The minimum absolute atomic E-state index is 0.356. The minimum atomic E-state index is 0.356. The van der Waals surface area contributed by atoms with Crippen LogP contribution in [0.15, 0.2) is 52.9 Å². The molecular formula is C19H20N4O3S. The van der Waals surface area contributed by atoms with Crippen molar-refractivity contribution in [3.05, 3.63) is 59.0 Å². The molecule has 7 nitrogen and oxygen atoms in total. The molecule has 3 rings (SSSR count). The summed E-state index contributed by atoms with van der Waals surface area (Å²) < 4.78 is 16.5. The van der Waals surface area contributed by atoms with Crippen LogP contribution in [0, 0.1) is 0 Å². The van der Waals surface area contributed by atoms with Gasteiger partial charge in [-0.25, -0.2) is 4.98 Å². The van der Waals surface area contributed by atoms with Crippen LogP contribution in [0.5, 0.6) is 17.2 Å². The fourth-order valence-electron chi connectivity index (χ4n) is 2.34. The van der Waals surface area contributed by atoms with E-state index in [-0.39, 0.29) is 0 Å². The monoisotopic (exact) mass is 384 g/mol. The number of nitrogen functional groups attached to an aromatic ring is 1. The van der Waals surface area contributed by atoms with Gasteiger partial charge in [0.05, 0.1) is 20.4 Å². The van der Waals surface area contributed by atoms with E-state index in [1.165, 1.54) is 11.3 Å². The van der Waals surface area contributed by atoms with E-state index < -0.39 is 0 Å². The van der Waals surface area contributed by atoms with Crippen molar-refractivity contribution in [3.8, 4) is 17.2 Å². The maximum Gasteiger partial charge on any atom is 0.205 e. The third kappa shape index (κ3) is 5.11. The predicted molar refractivity (Wildman–Crippen MR) is 108 cm³/mol. The van der Waals surface area contributed by atoms with Gasteiger partial charge >= 0.3 is 0 Å². The molecule has 0 saturated carbocycles. The first-order valence-electron chi connectivity index (χ1n) is 8.12. The van der Waals surface area contributed by atoms with Gasteiger partial charge in [-0.2, -0.15) is 5.10 Å². The number of aromatic nitrogens is 1. The van der Waals surface area contributed by atoms with Crippen LogP contribution in [-0.4, -0.2) is 25.4 Å². The van der Waals surface area contributed by atoms with Crippen molar-refractivity contribution >= 4 is 28.5 Å². The number of rotatable bonds is 8. The maximum atomic E-state index is 5.87. The van der Waals surface area contributed by atoms with Gasteiger partial charge in [-0.15, -0.1) is 11.3 Å². The van der Waals surface area contributed by atoms with Gasteiger partial charge in [0.15, 0.2) is 0 Å². The molecule has 3 aromatic rings. The molecule has 1 heterocycles. The second-order valence-electron chi connectivity index (χ2n) is 5.49. The second kappa shape index (κ2) is 8.91. The molecule has 0 radical (unpaired) electrons. The average molecular weight is 384 g/mol. The summed E-state index contributed by atoms with van der Waals surface area (Å²) in [7, 11) is 3.26. The van der Waals surface area contributed by atoms with Gasteiger partial charge in [0.2, 0.25) is 5.13 Å². The molecule has 2 aromatic carbocycles. The molecule has 140 valence electrons. The Morgan fingerprint density at radius 3 is 2.74 bits per heavy atom. The van der Waals surface area contributed by atoms with Crippen molar-refractivity contribution in [2.75, 3.05) is 25.4 Å². The Balaban J connectivity index is 1.68. The molecule has 8 heteroatoms. The Morgan fingerprint density at radius 2 is 2.00 bits per heavy atom. The Bertz CT molecular complexity index is 927. The largest absolute Gasteiger partial charge is 0.497 e. The van der Waals surface area contributed by atoms with Gasteiger partial charge in [0.25, 0.3) is 0 Å². The lowest BCUT2D eigenvalue weighted by Crippen LogP contribution is -2.00. The third-order valence-electron chi connectivity index (χ3n) is 3.64. The summed E-state index contributed by atoms with van der Waals surface area (Å²) in [5, 5.41) is 6.57. The Hall–Kier alpha value is -3.26. The van der Waals surface area contributed by atoms with Gasteiger partial charge in [-0.1, -0.05) is 6.07 Å². The molecule has 0 bridgehead atoms. The summed E-state index contributed by atoms with van der Waals surface area (Å²) in [5.41, 5.74) is 10.2. The molecule has 27 heavy (non-hydrogen) atoms. The number of nitrogens with one attached hydrogen (secondary N) is 1. The van der Waals surface area contributed by atoms with E-state index in [1.54, 1.807) is 25.8 Å². The highest BCUT2D eigenvalue weighted by molar-refractivity contribution is 7.14. The van der Waals surface area contributed by atoms with Crippen molar-refractivity contribution in [1.82, 2.24) is 4.98 Å². The van der Waals surface area contributed by atoms with E-state index in [1.807, 2.05) is 42.5 Å².